The van der Waals surface area contributed by atoms with Crippen molar-refractivity contribution in [2.75, 3.05) is 19.6 Å². The molecule has 1 aromatic carbocycles. The monoisotopic (exact) mass is 277 g/mol. The van der Waals surface area contributed by atoms with Crippen LogP contribution in [-0.2, 0) is 6.61 Å². The predicted octanol–water partition coefficient (Wildman–Crippen LogP) is 0.753. The summed E-state index contributed by atoms with van der Waals surface area (Å²) in [7, 11) is 3.05. The van der Waals surface area contributed by atoms with Crippen LogP contribution >= 0.6 is 0 Å². The lowest BCUT2D eigenvalue weighted by atomic mass is 10.2. The number of hydrogen-bond donors (Lipinski definition) is 2. The van der Waals surface area contributed by atoms with Crippen LogP contribution in [0.5, 0.6) is 17.8 Å². The Morgan fingerprint density at radius 3 is 2.60 bits per heavy atom. The molecule has 3 N–H and O–H groups in total. The number of rotatable bonds is 6. The molecule has 0 saturated heterocycles. The van der Waals surface area contributed by atoms with Gasteiger partial charge in [-0.2, -0.15) is 9.97 Å². The van der Waals surface area contributed by atoms with Crippen molar-refractivity contribution in [1.29, 1.82) is 0 Å². The molecule has 0 saturated carbocycles. The summed E-state index contributed by atoms with van der Waals surface area (Å²) in [6, 6.07) is 7.73. The summed E-state index contributed by atoms with van der Waals surface area (Å²) in [5.74, 6) is 6.17. The van der Waals surface area contributed by atoms with E-state index in [1.165, 1.54) is 7.11 Å². The molecule has 0 aliphatic carbocycles. The summed E-state index contributed by atoms with van der Waals surface area (Å²) in [4.78, 5) is 11.8. The van der Waals surface area contributed by atoms with E-state index >= 15 is 0 Å². The van der Waals surface area contributed by atoms with E-state index in [4.69, 9.17) is 20.1 Å². The van der Waals surface area contributed by atoms with E-state index in [1.54, 1.807) is 7.11 Å². The van der Waals surface area contributed by atoms with Crippen LogP contribution in [0, 0.1) is 0 Å². The molecule has 1 heterocycles. The van der Waals surface area contributed by atoms with Crippen LogP contribution in [0.15, 0.2) is 24.3 Å². The Bertz CT molecular complexity index is 557. The Kier molecular flexibility index (Phi) is 4.51. The number of nitrogens with two attached hydrogens (primary N) is 1. The lowest BCUT2D eigenvalue weighted by Crippen LogP contribution is -2.13. The van der Waals surface area contributed by atoms with Crippen LogP contribution in [-0.4, -0.2) is 29.2 Å². The summed E-state index contributed by atoms with van der Waals surface area (Å²) in [6.45, 7) is 0.286. The second kappa shape index (κ2) is 6.53. The zero-order valence-corrected chi connectivity index (χ0v) is 11.2. The fourth-order valence-corrected chi connectivity index (χ4v) is 1.47. The van der Waals surface area contributed by atoms with Crippen LogP contribution in [0.25, 0.3) is 0 Å². The fourth-order valence-electron chi connectivity index (χ4n) is 1.47. The quantitative estimate of drug-likeness (QED) is 0.589. The van der Waals surface area contributed by atoms with Crippen molar-refractivity contribution in [2.24, 2.45) is 5.84 Å². The largest absolute Gasteiger partial charge is 0.497 e. The van der Waals surface area contributed by atoms with Gasteiger partial charge in [0.2, 0.25) is 5.95 Å². The summed E-state index contributed by atoms with van der Waals surface area (Å²) >= 11 is 0. The Morgan fingerprint density at radius 2 is 1.90 bits per heavy atom. The highest BCUT2D eigenvalue weighted by molar-refractivity contribution is 5.29. The SMILES string of the molecule is COc1cccc(COc2nc(NN)nc(OC)n2)c1. The van der Waals surface area contributed by atoms with Crippen LogP contribution in [0.4, 0.5) is 5.95 Å². The smallest absolute Gasteiger partial charge is 0.324 e. The van der Waals surface area contributed by atoms with Gasteiger partial charge in [0.1, 0.15) is 12.4 Å². The topological polar surface area (TPSA) is 104 Å². The summed E-state index contributed by atoms with van der Waals surface area (Å²) in [6.07, 6.45) is 0. The van der Waals surface area contributed by atoms with Crippen molar-refractivity contribution in [3.63, 3.8) is 0 Å². The number of hydrogen-bond acceptors (Lipinski definition) is 8. The Hall–Kier alpha value is -2.61. The average Bonchev–Trinajstić information content (AvgIpc) is 2.52. The van der Waals surface area contributed by atoms with Crippen LogP contribution in [0.1, 0.15) is 5.56 Å². The molecule has 2 rings (SSSR count). The maximum Gasteiger partial charge on any atom is 0.324 e. The molecule has 0 aliphatic heterocycles. The second-order valence-electron chi connectivity index (χ2n) is 3.71. The van der Waals surface area contributed by atoms with Gasteiger partial charge in [-0.1, -0.05) is 12.1 Å². The van der Waals surface area contributed by atoms with Gasteiger partial charge in [-0.05, 0) is 17.7 Å². The van der Waals surface area contributed by atoms with Gasteiger partial charge in [-0.25, -0.2) is 5.84 Å². The first kappa shape index (κ1) is 13.8. The van der Waals surface area contributed by atoms with E-state index in [0.717, 1.165) is 11.3 Å². The predicted molar refractivity (Wildman–Crippen MR) is 71.5 cm³/mol. The van der Waals surface area contributed by atoms with Crippen molar-refractivity contribution in [3.8, 4) is 17.8 Å². The first-order chi connectivity index (χ1) is 9.75. The standard InChI is InChI=1S/C12H15N5O3/c1-18-9-5-3-4-8(6-9)7-20-12-15-10(17-13)14-11(16-12)19-2/h3-6H,7,13H2,1-2H3,(H,14,15,16,17). The highest BCUT2D eigenvalue weighted by atomic mass is 16.5. The number of nitrogens with zero attached hydrogens (tertiary/aromatic N) is 3. The van der Waals surface area contributed by atoms with E-state index in [1.807, 2.05) is 24.3 Å². The highest BCUT2D eigenvalue weighted by Crippen LogP contribution is 2.16. The van der Waals surface area contributed by atoms with Crippen molar-refractivity contribution >= 4 is 5.95 Å². The summed E-state index contributed by atoms with van der Waals surface area (Å²) in [5, 5.41) is 0. The molecule has 2 aromatic rings. The molecule has 8 heteroatoms. The molecule has 0 spiro atoms. The molecule has 106 valence electrons. The van der Waals surface area contributed by atoms with Gasteiger partial charge in [-0.15, -0.1) is 4.98 Å². The van der Waals surface area contributed by atoms with Crippen molar-refractivity contribution in [3.05, 3.63) is 29.8 Å². The van der Waals surface area contributed by atoms with Crippen molar-refractivity contribution in [1.82, 2.24) is 15.0 Å². The Morgan fingerprint density at radius 1 is 1.10 bits per heavy atom. The molecular weight excluding hydrogens is 262 g/mol. The number of aromatic nitrogens is 3. The molecule has 0 atom stereocenters. The van der Waals surface area contributed by atoms with Crippen LogP contribution < -0.4 is 25.5 Å². The zero-order valence-electron chi connectivity index (χ0n) is 11.2. The van der Waals surface area contributed by atoms with Gasteiger partial charge in [0.25, 0.3) is 0 Å². The van der Waals surface area contributed by atoms with Crippen molar-refractivity contribution < 1.29 is 14.2 Å². The van der Waals surface area contributed by atoms with Gasteiger partial charge in [0.15, 0.2) is 0 Å². The zero-order chi connectivity index (χ0) is 14.4. The maximum atomic E-state index is 5.48. The molecule has 0 aliphatic rings. The molecule has 0 fully saturated rings. The molecule has 0 bridgehead atoms. The van der Waals surface area contributed by atoms with Crippen LogP contribution in [0.2, 0.25) is 0 Å². The first-order valence-corrected chi connectivity index (χ1v) is 5.77. The summed E-state index contributed by atoms with van der Waals surface area (Å²) < 4.78 is 15.5. The van der Waals surface area contributed by atoms with Gasteiger partial charge in [0, 0.05) is 0 Å². The van der Waals surface area contributed by atoms with E-state index < -0.39 is 0 Å². The van der Waals surface area contributed by atoms with Crippen molar-refractivity contribution in [2.45, 2.75) is 6.61 Å². The lowest BCUT2D eigenvalue weighted by Gasteiger charge is -2.08. The highest BCUT2D eigenvalue weighted by Gasteiger charge is 2.07. The minimum atomic E-state index is 0.118. The number of nitrogen functional groups attached to an aromatic ring is 1. The molecule has 1 aromatic heterocycles. The van der Waals surface area contributed by atoms with Gasteiger partial charge in [-0.3, -0.25) is 5.43 Å². The van der Waals surface area contributed by atoms with Crippen LogP contribution in [0.3, 0.4) is 0 Å². The lowest BCUT2D eigenvalue weighted by molar-refractivity contribution is 0.270. The van der Waals surface area contributed by atoms with E-state index in [0.29, 0.717) is 0 Å². The minimum absolute atomic E-state index is 0.118. The third-order valence-electron chi connectivity index (χ3n) is 2.41. The fraction of sp³-hybridized carbons (Fsp3) is 0.250. The maximum absolute atomic E-state index is 5.48. The normalized spacial score (nSPS) is 9.95. The Balaban J connectivity index is 2.09. The minimum Gasteiger partial charge on any atom is -0.497 e. The van der Waals surface area contributed by atoms with E-state index in [2.05, 4.69) is 20.4 Å². The van der Waals surface area contributed by atoms with Gasteiger partial charge < -0.3 is 14.2 Å². The molecular formula is C12H15N5O3. The molecule has 0 amide bonds. The third kappa shape index (κ3) is 3.45. The van der Waals surface area contributed by atoms with E-state index in [9.17, 15) is 0 Å². The number of ether oxygens (including phenoxy) is 3. The van der Waals surface area contributed by atoms with Gasteiger partial charge >= 0.3 is 12.0 Å². The number of methoxy groups -OCH3 is 2. The molecule has 0 unspecified atom stereocenters. The second-order valence-corrected chi connectivity index (χ2v) is 3.71. The first-order valence-electron chi connectivity index (χ1n) is 5.77. The van der Waals surface area contributed by atoms with E-state index in [-0.39, 0.29) is 24.6 Å². The molecule has 0 radical (unpaired) electrons. The molecule has 20 heavy (non-hydrogen) atoms. The number of nitrogens with one attached hydrogen (secondary N) is 1. The number of hydrazine groups is 1. The molecule has 8 nitrogen and oxygen atoms in total. The van der Waals surface area contributed by atoms with Gasteiger partial charge in [0.05, 0.1) is 14.2 Å². The number of benzene rings is 1. The average molecular weight is 277 g/mol. The summed E-state index contributed by atoms with van der Waals surface area (Å²) in [5.41, 5.74) is 3.24. The third-order valence-corrected chi connectivity index (χ3v) is 2.41. The number of anilines is 1. The Labute approximate surface area is 115 Å².